The Morgan fingerprint density at radius 1 is 0.850 bits per heavy atom. The van der Waals surface area contributed by atoms with Crippen LogP contribution in [-0.2, 0) is 0 Å². The van der Waals surface area contributed by atoms with Crippen LogP contribution in [0, 0.1) is 0 Å². The average molecular weight is 535 g/mol. The molecule has 0 bridgehead atoms. The Morgan fingerprint density at radius 2 is 1.65 bits per heavy atom. The first-order chi connectivity index (χ1) is 19.5. The van der Waals surface area contributed by atoms with Crippen LogP contribution in [-0.4, -0.2) is 36.0 Å². The lowest BCUT2D eigenvalue weighted by atomic mass is 10.0. The zero-order chi connectivity index (χ0) is 27.8. The SMILES string of the molecule is COc1ccc2[nH]c(C(=O)NNC(=O)c3cc4cc5cccc(OC)c5nc4oc3=O)c(-c3ccccc3)c2c1. The molecule has 0 saturated carbocycles. The summed E-state index contributed by atoms with van der Waals surface area (Å²) in [6.45, 7) is 0. The monoisotopic (exact) mass is 534 g/mol. The summed E-state index contributed by atoms with van der Waals surface area (Å²) in [7, 11) is 3.09. The van der Waals surface area contributed by atoms with Gasteiger partial charge in [-0.25, -0.2) is 9.78 Å². The van der Waals surface area contributed by atoms with Crippen LogP contribution in [0.5, 0.6) is 11.5 Å². The Bertz CT molecular complexity index is 2000. The summed E-state index contributed by atoms with van der Waals surface area (Å²) in [5.74, 6) is -0.286. The first kappa shape index (κ1) is 24.7. The average Bonchev–Trinajstić information content (AvgIpc) is 3.37. The van der Waals surface area contributed by atoms with Gasteiger partial charge in [0.05, 0.1) is 14.2 Å². The van der Waals surface area contributed by atoms with Gasteiger partial charge >= 0.3 is 5.63 Å². The van der Waals surface area contributed by atoms with Crippen molar-refractivity contribution in [2.75, 3.05) is 14.2 Å². The lowest BCUT2D eigenvalue weighted by molar-refractivity contribution is 0.0842. The maximum atomic E-state index is 13.3. The minimum atomic E-state index is -0.899. The highest BCUT2D eigenvalue weighted by Gasteiger charge is 2.22. The second kappa shape index (κ2) is 9.91. The molecule has 6 rings (SSSR count). The fourth-order valence-corrected chi connectivity index (χ4v) is 4.65. The number of nitrogens with zero attached hydrogens (tertiary/aromatic N) is 1. The predicted molar refractivity (Wildman–Crippen MR) is 150 cm³/mol. The molecule has 198 valence electrons. The number of pyridine rings is 1. The van der Waals surface area contributed by atoms with Gasteiger partial charge in [0.15, 0.2) is 0 Å². The van der Waals surface area contributed by atoms with E-state index in [1.54, 1.807) is 31.4 Å². The molecule has 2 amide bonds. The summed E-state index contributed by atoms with van der Waals surface area (Å²) >= 11 is 0. The van der Waals surface area contributed by atoms with Gasteiger partial charge in [-0.2, -0.15) is 0 Å². The molecule has 0 spiro atoms. The predicted octanol–water partition coefficient (Wildman–Crippen LogP) is 4.58. The van der Waals surface area contributed by atoms with Crippen LogP contribution in [0.2, 0.25) is 0 Å². The van der Waals surface area contributed by atoms with Gasteiger partial charge in [-0.3, -0.25) is 20.4 Å². The second-order valence-corrected chi connectivity index (χ2v) is 8.92. The number of carbonyl (C=O) groups is 2. The van der Waals surface area contributed by atoms with Gasteiger partial charge in [0.2, 0.25) is 5.71 Å². The molecule has 0 unspecified atom stereocenters. The van der Waals surface area contributed by atoms with E-state index in [9.17, 15) is 14.4 Å². The van der Waals surface area contributed by atoms with Crippen molar-refractivity contribution in [3.63, 3.8) is 0 Å². The first-order valence-corrected chi connectivity index (χ1v) is 12.2. The Labute approximate surface area is 226 Å². The lowest BCUT2D eigenvalue weighted by Gasteiger charge is -2.09. The van der Waals surface area contributed by atoms with Crippen molar-refractivity contribution in [2.45, 2.75) is 0 Å². The number of hydrogen-bond acceptors (Lipinski definition) is 7. The van der Waals surface area contributed by atoms with Gasteiger partial charge in [-0.05, 0) is 42.0 Å². The number of hydrazine groups is 1. The molecular formula is C30H22N4O6. The highest BCUT2D eigenvalue weighted by atomic mass is 16.5. The number of carbonyl (C=O) groups excluding carboxylic acids is 2. The number of hydrogen-bond donors (Lipinski definition) is 3. The van der Waals surface area contributed by atoms with E-state index in [-0.39, 0.29) is 17.0 Å². The number of H-pyrrole nitrogens is 1. The molecular weight excluding hydrogens is 512 g/mol. The minimum absolute atomic E-state index is 0.0589. The Balaban J connectivity index is 1.31. The maximum Gasteiger partial charge on any atom is 0.350 e. The van der Waals surface area contributed by atoms with Crippen LogP contribution in [0.3, 0.4) is 0 Å². The summed E-state index contributed by atoms with van der Waals surface area (Å²) < 4.78 is 16.0. The molecule has 10 nitrogen and oxygen atoms in total. The number of rotatable bonds is 5. The Hall–Kier alpha value is -5.64. The molecule has 40 heavy (non-hydrogen) atoms. The molecule has 0 saturated heterocycles. The number of amides is 2. The molecule has 3 heterocycles. The van der Waals surface area contributed by atoms with E-state index >= 15 is 0 Å². The van der Waals surface area contributed by atoms with E-state index in [0.717, 1.165) is 16.3 Å². The van der Waals surface area contributed by atoms with Gasteiger partial charge in [-0.1, -0.05) is 42.5 Å². The Morgan fingerprint density at radius 3 is 2.42 bits per heavy atom. The number of para-hydroxylation sites is 1. The molecule has 0 aliphatic rings. The van der Waals surface area contributed by atoms with Crippen molar-refractivity contribution in [3.8, 4) is 22.6 Å². The van der Waals surface area contributed by atoms with Crippen molar-refractivity contribution in [1.82, 2.24) is 20.8 Å². The summed E-state index contributed by atoms with van der Waals surface area (Å²) in [5.41, 5.74) is 6.49. The molecule has 3 N–H and O–H groups in total. The molecule has 0 aliphatic heterocycles. The zero-order valence-corrected chi connectivity index (χ0v) is 21.4. The number of fused-ring (bicyclic) bond motifs is 3. The van der Waals surface area contributed by atoms with Gasteiger partial charge in [0.25, 0.3) is 11.8 Å². The third kappa shape index (κ3) is 4.27. The van der Waals surface area contributed by atoms with Gasteiger partial charge in [0.1, 0.15) is 28.3 Å². The zero-order valence-electron chi connectivity index (χ0n) is 21.4. The van der Waals surface area contributed by atoms with E-state index < -0.39 is 17.4 Å². The van der Waals surface area contributed by atoms with E-state index in [2.05, 4.69) is 20.8 Å². The van der Waals surface area contributed by atoms with Crippen LogP contribution in [0.25, 0.3) is 44.0 Å². The maximum absolute atomic E-state index is 13.3. The van der Waals surface area contributed by atoms with Crippen molar-refractivity contribution in [1.29, 1.82) is 0 Å². The molecule has 0 radical (unpaired) electrons. The van der Waals surface area contributed by atoms with E-state index in [1.165, 1.54) is 13.2 Å². The molecule has 0 fully saturated rings. The summed E-state index contributed by atoms with van der Waals surface area (Å²) in [6, 6.07) is 23.3. The van der Waals surface area contributed by atoms with E-state index in [0.29, 0.717) is 33.5 Å². The first-order valence-electron chi connectivity index (χ1n) is 12.2. The minimum Gasteiger partial charge on any atom is -0.497 e. The molecule has 3 aromatic heterocycles. The number of aromatic nitrogens is 2. The topological polar surface area (TPSA) is 136 Å². The number of ether oxygens (including phenoxy) is 2. The number of methoxy groups -OCH3 is 2. The fourth-order valence-electron chi connectivity index (χ4n) is 4.65. The fraction of sp³-hybridized carbons (Fsp3) is 0.0667. The van der Waals surface area contributed by atoms with Crippen molar-refractivity contribution < 1.29 is 23.5 Å². The summed E-state index contributed by atoms with van der Waals surface area (Å²) in [6.07, 6.45) is 0. The molecule has 0 atom stereocenters. The van der Waals surface area contributed by atoms with Crippen LogP contribution in [0.15, 0.2) is 88.1 Å². The number of benzene rings is 3. The van der Waals surface area contributed by atoms with Crippen LogP contribution < -0.4 is 26.0 Å². The Kier molecular flexibility index (Phi) is 6.12. The molecule has 3 aromatic carbocycles. The lowest BCUT2D eigenvalue weighted by Crippen LogP contribution is -2.43. The van der Waals surface area contributed by atoms with Gasteiger partial charge in [0, 0.05) is 27.2 Å². The largest absolute Gasteiger partial charge is 0.497 e. The third-order valence-corrected chi connectivity index (χ3v) is 6.56. The van der Waals surface area contributed by atoms with Crippen LogP contribution in [0.1, 0.15) is 20.8 Å². The number of nitrogens with one attached hydrogen (secondary N) is 3. The smallest absolute Gasteiger partial charge is 0.350 e. The highest BCUT2D eigenvalue weighted by molar-refractivity contribution is 6.10. The van der Waals surface area contributed by atoms with Crippen LogP contribution >= 0.6 is 0 Å². The quantitative estimate of drug-likeness (QED) is 0.218. The molecule has 0 aliphatic carbocycles. The van der Waals surface area contributed by atoms with Gasteiger partial charge < -0.3 is 18.9 Å². The summed E-state index contributed by atoms with van der Waals surface area (Å²) in [5, 5.41) is 1.95. The van der Waals surface area contributed by atoms with E-state index in [4.69, 9.17) is 13.9 Å². The second-order valence-electron chi connectivity index (χ2n) is 8.92. The van der Waals surface area contributed by atoms with Crippen molar-refractivity contribution >= 4 is 44.7 Å². The summed E-state index contributed by atoms with van der Waals surface area (Å²) in [4.78, 5) is 46.4. The third-order valence-electron chi connectivity index (χ3n) is 6.56. The van der Waals surface area contributed by atoms with Crippen molar-refractivity contribution in [3.05, 3.63) is 101 Å². The standard InChI is InChI=1S/C30H22N4O6/c1-38-19-11-12-22-20(15-19)24(16-7-4-3-5-8-16)26(31-22)28(36)34-33-27(35)21-14-18-13-17-9-6-10-23(39-2)25(17)32-29(18)40-30(21)37/h3-15,31H,1-2H3,(H,33,35)(H,34,36). The molecule has 10 heteroatoms. The van der Waals surface area contributed by atoms with Crippen molar-refractivity contribution in [2.24, 2.45) is 0 Å². The molecule has 6 aromatic rings. The van der Waals surface area contributed by atoms with Crippen LogP contribution in [0.4, 0.5) is 0 Å². The van der Waals surface area contributed by atoms with E-state index in [1.807, 2.05) is 48.5 Å². The number of aromatic amines is 1. The highest BCUT2D eigenvalue weighted by Crippen LogP contribution is 2.34. The normalized spacial score (nSPS) is 11.1. The van der Waals surface area contributed by atoms with Gasteiger partial charge in [-0.15, -0.1) is 0 Å².